The van der Waals surface area contributed by atoms with E-state index in [4.69, 9.17) is 0 Å². The van der Waals surface area contributed by atoms with Crippen LogP contribution in [0.2, 0.25) is 0 Å². The fourth-order valence-corrected chi connectivity index (χ4v) is 7.81. The summed E-state index contributed by atoms with van der Waals surface area (Å²) >= 11 is 0. The summed E-state index contributed by atoms with van der Waals surface area (Å²) < 4.78 is 0. The van der Waals surface area contributed by atoms with E-state index < -0.39 is 0 Å². The number of hydrogen-bond acceptors (Lipinski definition) is 2. The van der Waals surface area contributed by atoms with E-state index in [-0.39, 0.29) is 0 Å². The Morgan fingerprint density at radius 3 is 2.28 bits per heavy atom. The summed E-state index contributed by atoms with van der Waals surface area (Å²) in [7, 11) is 0. The second-order valence-electron chi connectivity index (χ2n) is 11.6. The second kappa shape index (κ2) is 10.3. The van der Waals surface area contributed by atoms with Gasteiger partial charge in [0.25, 0.3) is 0 Å². The lowest BCUT2D eigenvalue weighted by Crippen LogP contribution is -2.47. The number of fused-ring (bicyclic) bond motifs is 1. The first-order valence-electron chi connectivity index (χ1n) is 13.8. The van der Waals surface area contributed by atoms with Crippen LogP contribution in [0.1, 0.15) is 88.2 Å². The van der Waals surface area contributed by atoms with Crippen molar-refractivity contribution in [1.82, 2.24) is 10.2 Å². The Hall–Kier alpha value is -1.35. The number of rotatable bonds is 6. The molecule has 0 radical (unpaired) electrons. The third-order valence-corrected chi connectivity index (χ3v) is 9.37. The number of carbonyl (C=O) groups excluding carboxylic acids is 1. The number of nitrogens with zero attached hydrogens (tertiary/aromatic N) is 1. The summed E-state index contributed by atoms with van der Waals surface area (Å²) in [4.78, 5) is 16.4. The summed E-state index contributed by atoms with van der Waals surface area (Å²) in [6.07, 6.45) is 15.7. The molecule has 1 heterocycles. The first kappa shape index (κ1) is 22.4. The SMILES string of the molecule is Cc1cccc(CN2C[C@@H]3CC[C@H](NC(=O)C(C4CCCCC4)C4CCCCC4)[C@@H]3C2)c1. The number of likely N-dealkylation sites (tertiary alicyclic amines) is 1. The van der Waals surface area contributed by atoms with Crippen molar-refractivity contribution in [2.75, 3.05) is 13.1 Å². The van der Waals surface area contributed by atoms with Gasteiger partial charge in [0.15, 0.2) is 0 Å². The fraction of sp³-hybridized carbons (Fsp3) is 0.759. The van der Waals surface area contributed by atoms with Crippen LogP contribution in [0.15, 0.2) is 24.3 Å². The van der Waals surface area contributed by atoms with Gasteiger partial charge in [-0.3, -0.25) is 9.69 Å². The molecule has 1 aliphatic heterocycles. The highest BCUT2D eigenvalue weighted by Crippen LogP contribution is 2.42. The Morgan fingerprint density at radius 1 is 0.938 bits per heavy atom. The van der Waals surface area contributed by atoms with Crippen LogP contribution < -0.4 is 5.32 Å². The number of aryl methyl sites for hydroxylation is 1. The monoisotopic (exact) mass is 436 g/mol. The van der Waals surface area contributed by atoms with Gasteiger partial charge in [-0.1, -0.05) is 68.4 Å². The first-order chi connectivity index (χ1) is 15.7. The molecule has 0 aromatic heterocycles. The van der Waals surface area contributed by atoms with E-state index in [9.17, 15) is 4.79 Å². The molecule has 3 saturated carbocycles. The molecule has 3 atom stereocenters. The van der Waals surface area contributed by atoms with Crippen molar-refractivity contribution in [2.24, 2.45) is 29.6 Å². The van der Waals surface area contributed by atoms with Crippen LogP contribution in [0.25, 0.3) is 0 Å². The molecule has 32 heavy (non-hydrogen) atoms. The number of benzene rings is 1. The van der Waals surface area contributed by atoms with Crippen molar-refractivity contribution >= 4 is 5.91 Å². The van der Waals surface area contributed by atoms with Gasteiger partial charge < -0.3 is 5.32 Å². The van der Waals surface area contributed by atoms with Crippen LogP contribution >= 0.6 is 0 Å². The molecule has 1 amide bonds. The van der Waals surface area contributed by atoms with Gasteiger partial charge in [-0.15, -0.1) is 0 Å². The van der Waals surface area contributed by atoms with E-state index >= 15 is 0 Å². The van der Waals surface area contributed by atoms with Crippen molar-refractivity contribution < 1.29 is 4.79 Å². The Bertz CT molecular complexity index is 746. The third kappa shape index (κ3) is 5.08. The van der Waals surface area contributed by atoms with Gasteiger partial charge in [-0.2, -0.15) is 0 Å². The van der Waals surface area contributed by atoms with Crippen LogP contribution in [0.5, 0.6) is 0 Å². The largest absolute Gasteiger partial charge is 0.353 e. The maximum atomic E-state index is 13.8. The predicted molar refractivity (Wildman–Crippen MR) is 131 cm³/mol. The van der Waals surface area contributed by atoms with E-state index in [1.807, 2.05) is 0 Å². The van der Waals surface area contributed by atoms with E-state index in [0.717, 1.165) is 19.0 Å². The first-order valence-corrected chi connectivity index (χ1v) is 13.8. The molecule has 4 aliphatic rings. The standard InChI is InChI=1S/C29H44N2O/c1-21-9-8-10-22(17-21)18-31-19-25-15-16-27(26(25)20-31)30-29(32)28(23-11-4-2-5-12-23)24-13-6-3-7-14-24/h8-10,17,23-28H,2-7,11-16,18-20H2,1H3,(H,30,32)/t25-,26+,27-/m0/s1. The van der Waals surface area contributed by atoms with Crippen LogP contribution in [0, 0.1) is 36.5 Å². The molecule has 4 fully saturated rings. The molecule has 1 aromatic carbocycles. The maximum absolute atomic E-state index is 13.8. The highest BCUT2D eigenvalue weighted by molar-refractivity contribution is 5.79. The zero-order chi connectivity index (χ0) is 21.9. The van der Waals surface area contributed by atoms with Crippen LogP contribution in [0.3, 0.4) is 0 Å². The lowest BCUT2D eigenvalue weighted by Gasteiger charge is -2.37. The molecule has 1 saturated heterocycles. The summed E-state index contributed by atoms with van der Waals surface area (Å²) in [5, 5.41) is 3.67. The molecular formula is C29H44N2O. The smallest absolute Gasteiger partial charge is 0.223 e. The maximum Gasteiger partial charge on any atom is 0.223 e. The minimum Gasteiger partial charge on any atom is -0.353 e. The Labute approximate surface area is 195 Å². The Kier molecular flexibility index (Phi) is 7.21. The molecule has 1 aromatic rings. The molecule has 176 valence electrons. The van der Waals surface area contributed by atoms with Crippen molar-refractivity contribution in [3.63, 3.8) is 0 Å². The molecule has 0 spiro atoms. The highest BCUT2D eigenvalue weighted by Gasteiger charge is 2.45. The molecular weight excluding hydrogens is 392 g/mol. The Morgan fingerprint density at radius 2 is 1.62 bits per heavy atom. The van der Waals surface area contributed by atoms with E-state index in [2.05, 4.69) is 41.4 Å². The van der Waals surface area contributed by atoms with Crippen molar-refractivity contribution in [3.8, 4) is 0 Å². The van der Waals surface area contributed by atoms with Gasteiger partial charge in [-0.25, -0.2) is 0 Å². The quantitative estimate of drug-likeness (QED) is 0.584. The molecule has 3 nitrogen and oxygen atoms in total. The van der Waals surface area contributed by atoms with Crippen molar-refractivity contribution in [1.29, 1.82) is 0 Å². The minimum atomic E-state index is 0.291. The molecule has 0 unspecified atom stereocenters. The van der Waals surface area contributed by atoms with E-state index in [1.165, 1.54) is 94.7 Å². The average Bonchev–Trinajstić information content (AvgIpc) is 3.36. The summed E-state index contributed by atoms with van der Waals surface area (Å²) in [6, 6.07) is 9.36. The lowest BCUT2D eigenvalue weighted by atomic mass is 9.69. The summed E-state index contributed by atoms with van der Waals surface area (Å²) in [6.45, 7) is 5.60. The van der Waals surface area contributed by atoms with Crippen LogP contribution in [-0.2, 0) is 11.3 Å². The average molecular weight is 437 g/mol. The number of nitrogens with one attached hydrogen (secondary N) is 1. The topological polar surface area (TPSA) is 32.3 Å². The molecule has 3 aliphatic carbocycles. The number of hydrogen-bond donors (Lipinski definition) is 1. The van der Waals surface area contributed by atoms with Crippen LogP contribution in [-0.4, -0.2) is 29.9 Å². The van der Waals surface area contributed by atoms with Gasteiger partial charge in [0, 0.05) is 31.6 Å². The summed E-state index contributed by atoms with van der Waals surface area (Å²) in [5.41, 5.74) is 2.78. The van der Waals surface area contributed by atoms with Gasteiger partial charge in [0.1, 0.15) is 0 Å². The minimum absolute atomic E-state index is 0.291. The number of amides is 1. The molecule has 5 rings (SSSR count). The Balaban J connectivity index is 1.22. The normalized spacial score (nSPS) is 30.0. The zero-order valence-electron chi connectivity index (χ0n) is 20.2. The second-order valence-corrected chi connectivity index (χ2v) is 11.6. The zero-order valence-corrected chi connectivity index (χ0v) is 20.2. The fourth-order valence-electron chi connectivity index (χ4n) is 7.81. The third-order valence-electron chi connectivity index (χ3n) is 9.37. The molecule has 3 heteroatoms. The molecule has 1 N–H and O–H groups in total. The number of carbonyl (C=O) groups is 1. The van der Waals surface area contributed by atoms with Gasteiger partial charge in [0.05, 0.1) is 0 Å². The van der Waals surface area contributed by atoms with Gasteiger partial charge in [-0.05, 0) is 74.7 Å². The van der Waals surface area contributed by atoms with Gasteiger partial charge >= 0.3 is 0 Å². The van der Waals surface area contributed by atoms with E-state index in [0.29, 0.717) is 35.6 Å². The summed E-state index contributed by atoms with van der Waals surface area (Å²) in [5.74, 6) is 3.44. The predicted octanol–water partition coefficient (Wildman–Crippen LogP) is 6.10. The van der Waals surface area contributed by atoms with E-state index in [1.54, 1.807) is 0 Å². The lowest BCUT2D eigenvalue weighted by molar-refractivity contribution is -0.131. The van der Waals surface area contributed by atoms with Crippen LogP contribution in [0.4, 0.5) is 0 Å². The van der Waals surface area contributed by atoms with Crippen molar-refractivity contribution in [2.45, 2.75) is 96.6 Å². The van der Waals surface area contributed by atoms with Crippen molar-refractivity contribution in [3.05, 3.63) is 35.4 Å². The molecule has 0 bridgehead atoms. The highest BCUT2D eigenvalue weighted by atomic mass is 16.2. The van der Waals surface area contributed by atoms with Gasteiger partial charge in [0.2, 0.25) is 5.91 Å².